The Morgan fingerprint density at radius 2 is 1.58 bits per heavy atom. The number of nitriles is 1. The molecule has 2 heterocycles. The van der Waals surface area contributed by atoms with E-state index in [2.05, 4.69) is 15.1 Å². The summed E-state index contributed by atoms with van der Waals surface area (Å²) in [5.41, 5.74) is 0.876. The Morgan fingerprint density at radius 3 is 2.24 bits per heavy atom. The highest BCUT2D eigenvalue weighted by molar-refractivity contribution is 6.10. The van der Waals surface area contributed by atoms with Gasteiger partial charge >= 0.3 is 0 Å². The Hall–Kier alpha value is -5.50. The minimum absolute atomic E-state index is 0.0146. The van der Waals surface area contributed by atoms with Crippen LogP contribution in [0.5, 0.6) is 0 Å². The van der Waals surface area contributed by atoms with E-state index in [0.717, 1.165) is 20.7 Å². The highest BCUT2D eigenvalue weighted by atomic mass is 16.6. The zero-order chi connectivity index (χ0) is 26.6. The van der Waals surface area contributed by atoms with Crippen molar-refractivity contribution in [2.75, 3.05) is 0 Å². The maximum atomic E-state index is 13.7. The Bertz CT molecular complexity index is 1660. The van der Waals surface area contributed by atoms with Crippen LogP contribution in [0.25, 0.3) is 5.69 Å². The van der Waals surface area contributed by atoms with E-state index in [1.54, 1.807) is 24.4 Å². The molecule has 3 aromatic carbocycles. The molecule has 0 aliphatic carbocycles. The highest BCUT2D eigenvalue weighted by Crippen LogP contribution is 2.31. The third-order valence-electron chi connectivity index (χ3n) is 6.12. The van der Waals surface area contributed by atoms with Crippen molar-refractivity contribution in [2.24, 2.45) is 4.99 Å². The molecule has 38 heavy (non-hydrogen) atoms. The second-order valence-corrected chi connectivity index (χ2v) is 8.47. The van der Waals surface area contributed by atoms with E-state index < -0.39 is 22.7 Å². The molecule has 1 aliphatic rings. The Labute approximate surface area is 216 Å². The van der Waals surface area contributed by atoms with Gasteiger partial charge in [-0.3, -0.25) is 24.6 Å². The summed E-state index contributed by atoms with van der Waals surface area (Å²) in [6.45, 7) is 0.0146. The summed E-state index contributed by atoms with van der Waals surface area (Å²) in [6, 6.07) is 24.0. The van der Waals surface area contributed by atoms with Gasteiger partial charge in [-0.15, -0.1) is 4.99 Å². The zero-order valence-electron chi connectivity index (χ0n) is 19.8. The standard InChI is InChI=1S/C27H19N7O4/c28-17-29-27-30-23-20(15-18-9-3-1-4-10-18)25(35)32(16-19-11-5-2-6-12-19)26(36)24(23)31-33(27)21-13-7-8-14-22(21)34(37)38/h1-14,20H,15-16H2. The molecular weight excluding hydrogens is 486 g/mol. The van der Waals surface area contributed by atoms with Gasteiger partial charge in [-0.25, -0.2) is 4.98 Å². The van der Waals surface area contributed by atoms with Gasteiger partial charge in [0.1, 0.15) is 5.69 Å². The lowest BCUT2D eigenvalue weighted by molar-refractivity contribution is -0.384. The van der Waals surface area contributed by atoms with Crippen LogP contribution in [0, 0.1) is 21.6 Å². The summed E-state index contributed by atoms with van der Waals surface area (Å²) in [5.74, 6) is -2.05. The summed E-state index contributed by atoms with van der Waals surface area (Å²) in [7, 11) is 0. The SMILES string of the molecule is N#CN=c1nc2c(nn1-c1ccccc1[N+](=O)[O-])C(=O)N(Cc1ccccc1)C(=O)C2Cc1ccccc1. The lowest BCUT2D eigenvalue weighted by atomic mass is 9.90. The molecule has 0 spiro atoms. The fourth-order valence-corrected chi connectivity index (χ4v) is 4.36. The topological polar surface area (TPSA) is 147 Å². The summed E-state index contributed by atoms with van der Waals surface area (Å²) < 4.78 is 0.994. The van der Waals surface area contributed by atoms with E-state index in [1.807, 2.05) is 48.5 Å². The van der Waals surface area contributed by atoms with Gasteiger partial charge in [0.25, 0.3) is 17.2 Å². The number of amides is 2. The van der Waals surface area contributed by atoms with E-state index in [0.29, 0.717) is 0 Å². The van der Waals surface area contributed by atoms with Crippen LogP contribution in [-0.4, -0.2) is 36.4 Å². The number of fused-ring (bicyclic) bond motifs is 1. The smallest absolute Gasteiger partial charge is 0.274 e. The molecule has 0 N–H and O–H groups in total. The molecule has 5 rings (SSSR count). The normalized spacial score (nSPS) is 15.2. The quantitative estimate of drug-likeness (QED) is 0.169. The van der Waals surface area contributed by atoms with Gasteiger partial charge in [-0.2, -0.15) is 15.0 Å². The number of nitrogens with zero attached hydrogens (tertiary/aromatic N) is 7. The van der Waals surface area contributed by atoms with E-state index >= 15 is 0 Å². The van der Waals surface area contributed by atoms with Crippen LogP contribution < -0.4 is 5.62 Å². The molecule has 0 bridgehead atoms. The minimum Gasteiger partial charge on any atom is -0.274 e. The predicted molar refractivity (Wildman–Crippen MR) is 133 cm³/mol. The van der Waals surface area contributed by atoms with E-state index in [4.69, 9.17) is 0 Å². The second kappa shape index (κ2) is 10.2. The fourth-order valence-electron chi connectivity index (χ4n) is 4.36. The number of aromatic nitrogens is 3. The Morgan fingerprint density at radius 1 is 0.947 bits per heavy atom. The maximum absolute atomic E-state index is 13.7. The van der Waals surface area contributed by atoms with E-state index in [1.165, 1.54) is 18.2 Å². The molecule has 2 amide bonds. The molecule has 1 unspecified atom stereocenters. The van der Waals surface area contributed by atoms with Crippen LogP contribution in [0.1, 0.15) is 33.2 Å². The Balaban J connectivity index is 1.72. The molecule has 186 valence electrons. The number of carbonyl (C=O) groups excluding carboxylic acids is 2. The molecule has 0 radical (unpaired) electrons. The second-order valence-electron chi connectivity index (χ2n) is 8.47. The van der Waals surface area contributed by atoms with Crippen LogP contribution >= 0.6 is 0 Å². The molecule has 11 nitrogen and oxygen atoms in total. The lowest BCUT2D eigenvalue weighted by Gasteiger charge is -2.31. The van der Waals surface area contributed by atoms with Gasteiger partial charge < -0.3 is 0 Å². The Kier molecular flexibility index (Phi) is 6.52. The number of nitro groups is 1. The summed E-state index contributed by atoms with van der Waals surface area (Å²) in [5, 5.41) is 25.4. The molecule has 0 saturated heterocycles. The molecule has 4 aromatic rings. The van der Waals surface area contributed by atoms with Crippen LogP contribution in [-0.2, 0) is 17.8 Å². The number of nitro benzene ring substituents is 1. The van der Waals surface area contributed by atoms with Crippen LogP contribution in [0.4, 0.5) is 5.69 Å². The average molecular weight is 505 g/mol. The molecule has 0 saturated carbocycles. The van der Waals surface area contributed by atoms with Crippen molar-refractivity contribution >= 4 is 17.5 Å². The third kappa shape index (κ3) is 4.54. The first-order chi connectivity index (χ1) is 18.5. The molecule has 1 atom stereocenters. The third-order valence-corrected chi connectivity index (χ3v) is 6.12. The first-order valence-electron chi connectivity index (χ1n) is 11.6. The van der Waals surface area contributed by atoms with Gasteiger partial charge in [-0.1, -0.05) is 72.8 Å². The van der Waals surface area contributed by atoms with Gasteiger partial charge in [0.15, 0.2) is 5.69 Å². The molecule has 11 heteroatoms. The summed E-state index contributed by atoms with van der Waals surface area (Å²) in [6.07, 6.45) is 1.85. The molecule has 1 aliphatic heterocycles. The largest absolute Gasteiger partial charge is 0.295 e. The number of carbonyl (C=O) groups is 2. The monoisotopic (exact) mass is 505 g/mol. The molecular formula is C27H19N7O4. The molecule has 0 fully saturated rings. The zero-order valence-corrected chi connectivity index (χ0v) is 19.8. The fraction of sp³-hybridized carbons (Fsp3) is 0.111. The maximum Gasteiger partial charge on any atom is 0.295 e. The van der Waals surface area contributed by atoms with Crippen LogP contribution in [0.3, 0.4) is 0 Å². The van der Waals surface area contributed by atoms with Crippen molar-refractivity contribution in [3.8, 4) is 11.9 Å². The van der Waals surface area contributed by atoms with Crippen molar-refractivity contribution < 1.29 is 14.5 Å². The number of imide groups is 1. The lowest BCUT2D eigenvalue weighted by Crippen LogP contribution is -2.48. The number of hydrogen-bond donors (Lipinski definition) is 0. The summed E-state index contributed by atoms with van der Waals surface area (Å²) >= 11 is 0. The van der Waals surface area contributed by atoms with Crippen LogP contribution in [0.2, 0.25) is 0 Å². The van der Waals surface area contributed by atoms with Crippen LogP contribution in [0.15, 0.2) is 89.9 Å². The number of benzene rings is 3. The number of rotatable bonds is 6. The van der Waals surface area contributed by atoms with Crippen molar-refractivity contribution in [3.63, 3.8) is 0 Å². The van der Waals surface area contributed by atoms with Gasteiger partial charge in [0.2, 0.25) is 12.1 Å². The molecule has 1 aromatic heterocycles. The van der Waals surface area contributed by atoms with E-state index in [9.17, 15) is 25.0 Å². The summed E-state index contributed by atoms with van der Waals surface area (Å²) in [4.78, 5) is 47.7. The van der Waals surface area contributed by atoms with Gasteiger partial charge in [0, 0.05) is 6.07 Å². The first-order valence-corrected chi connectivity index (χ1v) is 11.6. The van der Waals surface area contributed by atoms with Crippen molar-refractivity contribution in [2.45, 2.75) is 18.9 Å². The van der Waals surface area contributed by atoms with Gasteiger partial charge in [-0.05, 0) is 23.6 Å². The van der Waals surface area contributed by atoms with Crippen molar-refractivity contribution in [3.05, 3.63) is 123 Å². The van der Waals surface area contributed by atoms with Crippen molar-refractivity contribution in [1.82, 2.24) is 19.7 Å². The predicted octanol–water partition coefficient (Wildman–Crippen LogP) is 3.07. The number of hydrogen-bond acceptors (Lipinski definition) is 8. The highest BCUT2D eigenvalue weighted by Gasteiger charge is 2.42. The minimum atomic E-state index is -0.894. The first kappa shape index (κ1) is 24.2. The number of para-hydroxylation sites is 2. The van der Waals surface area contributed by atoms with E-state index in [-0.39, 0.29) is 41.3 Å². The average Bonchev–Trinajstić information content (AvgIpc) is 2.94. The van der Waals surface area contributed by atoms with Gasteiger partial charge in [0.05, 0.1) is 23.1 Å². The van der Waals surface area contributed by atoms with Crippen molar-refractivity contribution in [1.29, 1.82) is 5.26 Å².